The van der Waals surface area contributed by atoms with Crippen molar-refractivity contribution < 1.29 is 9.63 Å². The van der Waals surface area contributed by atoms with Gasteiger partial charge in [0.05, 0.1) is 13.2 Å². The molecular weight excluding hydrogens is 166 g/mol. The Balaban J connectivity index is 1.87. The Kier molecular flexibility index (Phi) is 2.83. The first kappa shape index (κ1) is 9.00. The van der Waals surface area contributed by atoms with Crippen LogP contribution in [-0.2, 0) is 9.63 Å². The van der Waals surface area contributed by atoms with E-state index in [0.717, 1.165) is 32.4 Å². The maximum absolute atomic E-state index is 11.8. The van der Waals surface area contributed by atoms with Crippen molar-refractivity contribution in [1.29, 1.82) is 0 Å². The van der Waals surface area contributed by atoms with Gasteiger partial charge in [0, 0.05) is 5.92 Å². The molecule has 0 N–H and O–H groups in total. The van der Waals surface area contributed by atoms with Crippen LogP contribution in [0.2, 0.25) is 0 Å². The second-order valence-electron chi connectivity index (χ2n) is 3.96. The molecule has 2 rings (SSSR count). The van der Waals surface area contributed by atoms with E-state index in [4.69, 9.17) is 4.84 Å². The first-order chi connectivity index (χ1) is 6.38. The van der Waals surface area contributed by atoms with Crippen molar-refractivity contribution >= 4 is 5.91 Å². The Morgan fingerprint density at radius 3 is 2.54 bits per heavy atom. The van der Waals surface area contributed by atoms with E-state index < -0.39 is 0 Å². The van der Waals surface area contributed by atoms with Crippen LogP contribution in [0.25, 0.3) is 0 Å². The molecule has 13 heavy (non-hydrogen) atoms. The van der Waals surface area contributed by atoms with Crippen LogP contribution in [0.1, 0.15) is 38.5 Å². The van der Waals surface area contributed by atoms with E-state index >= 15 is 0 Å². The van der Waals surface area contributed by atoms with E-state index in [1.807, 2.05) is 0 Å². The zero-order chi connectivity index (χ0) is 9.10. The summed E-state index contributed by atoms with van der Waals surface area (Å²) in [6, 6.07) is 0. The summed E-state index contributed by atoms with van der Waals surface area (Å²) < 4.78 is 0. The lowest BCUT2D eigenvalue weighted by atomic mass is 9.88. The van der Waals surface area contributed by atoms with E-state index in [0.29, 0.717) is 0 Å². The summed E-state index contributed by atoms with van der Waals surface area (Å²) in [6.45, 7) is 1.52. The van der Waals surface area contributed by atoms with Gasteiger partial charge in [-0.15, -0.1) is 0 Å². The number of amides is 1. The smallest absolute Gasteiger partial charge is 0.249 e. The van der Waals surface area contributed by atoms with Gasteiger partial charge in [0.2, 0.25) is 5.91 Å². The highest BCUT2D eigenvalue weighted by Gasteiger charge is 2.28. The van der Waals surface area contributed by atoms with Crippen LogP contribution in [0.5, 0.6) is 0 Å². The minimum Gasteiger partial charge on any atom is -0.272 e. The Labute approximate surface area is 79.0 Å². The highest BCUT2D eigenvalue weighted by molar-refractivity contribution is 5.78. The maximum atomic E-state index is 11.8. The van der Waals surface area contributed by atoms with Crippen molar-refractivity contribution in [2.24, 2.45) is 5.92 Å². The van der Waals surface area contributed by atoms with Crippen LogP contribution in [0.4, 0.5) is 0 Å². The largest absolute Gasteiger partial charge is 0.272 e. The molecule has 2 aliphatic rings. The summed E-state index contributed by atoms with van der Waals surface area (Å²) in [4.78, 5) is 17.1. The topological polar surface area (TPSA) is 29.5 Å². The lowest BCUT2D eigenvalue weighted by Crippen LogP contribution is -2.33. The quantitative estimate of drug-likeness (QED) is 0.619. The SMILES string of the molecule is O=C(C1CCCCC1)N1CCCO1. The van der Waals surface area contributed by atoms with Gasteiger partial charge >= 0.3 is 0 Å². The van der Waals surface area contributed by atoms with Crippen molar-refractivity contribution in [3.8, 4) is 0 Å². The number of hydrogen-bond acceptors (Lipinski definition) is 2. The average Bonchev–Trinajstić information content (AvgIpc) is 2.71. The van der Waals surface area contributed by atoms with Crippen LogP contribution < -0.4 is 0 Å². The molecular formula is C10H17NO2. The molecule has 0 radical (unpaired) electrons. The van der Waals surface area contributed by atoms with Crippen molar-refractivity contribution in [3.05, 3.63) is 0 Å². The fraction of sp³-hybridized carbons (Fsp3) is 0.900. The van der Waals surface area contributed by atoms with E-state index in [-0.39, 0.29) is 11.8 Å². The monoisotopic (exact) mass is 183 g/mol. The molecule has 2 fully saturated rings. The van der Waals surface area contributed by atoms with E-state index in [1.165, 1.54) is 19.3 Å². The minimum atomic E-state index is 0.234. The highest BCUT2D eigenvalue weighted by Crippen LogP contribution is 2.26. The molecule has 0 aromatic heterocycles. The Morgan fingerprint density at radius 1 is 1.15 bits per heavy atom. The number of nitrogens with zero attached hydrogens (tertiary/aromatic N) is 1. The first-order valence-electron chi connectivity index (χ1n) is 5.32. The molecule has 1 saturated carbocycles. The van der Waals surface area contributed by atoms with Gasteiger partial charge in [0.1, 0.15) is 0 Å². The normalized spacial score (nSPS) is 25.1. The predicted octanol–water partition coefficient (Wildman–Crippen LogP) is 1.73. The van der Waals surface area contributed by atoms with Crippen molar-refractivity contribution in [2.45, 2.75) is 38.5 Å². The Morgan fingerprint density at radius 2 is 1.92 bits per heavy atom. The molecule has 0 atom stereocenters. The van der Waals surface area contributed by atoms with Gasteiger partial charge in [-0.1, -0.05) is 19.3 Å². The van der Waals surface area contributed by atoms with E-state index in [1.54, 1.807) is 5.06 Å². The molecule has 0 aromatic rings. The fourth-order valence-electron chi connectivity index (χ4n) is 2.17. The molecule has 1 amide bonds. The molecule has 0 aromatic carbocycles. The predicted molar refractivity (Wildman–Crippen MR) is 48.9 cm³/mol. The van der Waals surface area contributed by atoms with Crippen LogP contribution >= 0.6 is 0 Å². The van der Waals surface area contributed by atoms with Crippen LogP contribution in [0.15, 0.2) is 0 Å². The Hall–Kier alpha value is -0.570. The number of carbonyl (C=O) groups is 1. The first-order valence-corrected chi connectivity index (χ1v) is 5.32. The zero-order valence-electron chi connectivity index (χ0n) is 8.00. The maximum Gasteiger partial charge on any atom is 0.249 e. The summed E-state index contributed by atoms with van der Waals surface area (Å²) in [6.07, 6.45) is 6.86. The second-order valence-corrected chi connectivity index (χ2v) is 3.96. The molecule has 74 valence electrons. The summed E-state index contributed by atoms with van der Waals surface area (Å²) in [5.41, 5.74) is 0. The van der Waals surface area contributed by atoms with Crippen LogP contribution in [-0.4, -0.2) is 24.1 Å². The molecule has 1 aliphatic carbocycles. The van der Waals surface area contributed by atoms with Gasteiger partial charge in [0.25, 0.3) is 0 Å². The van der Waals surface area contributed by atoms with E-state index in [9.17, 15) is 4.79 Å². The van der Waals surface area contributed by atoms with E-state index in [2.05, 4.69) is 0 Å². The highest BCUT2D eigenvalue weighted by atomic mass is 16.7. The van der Waals surface area contributed by atoms with Crippen molar-refractivity contribution in [2.75, 3.05) is 13.2 Å². The van der Waals surface area contributed by atoms with Gasteiger partial charge in [0.15, 0.2) is 0 Å². The van der Waals surface area contributed by atoms with Gasteiger partial charge in [-0.2, -0.15) is 0 Å². The zero-order valence-corrected chi connectivity index (χ0v) is 8.00. The third-order valence-corrected chi connectivity index (χ3v) is 2.95. The standard InChI is InChI=1S/C10H17NO2/c12-10(11-7-4-8-13-11)9-5-2-1-3-6-9/h9H,1-8H2. The lowest BCUT2D eigenvalue weighted by Gasteiger charge is -2.24. The second kappa shape index (κ2) is 4.09. The molecule has 1 aliphatic heterocycles. The van der Waals surface area contributed by atoms with Crippen molar-refractivity contribution in [1.82, 2.24) is 5.06 Å². The van der Waals surface area contributed by atoms with Gasteiger partial charge in [-0.3, -0.25) is 9.63 Å². The Bertz CT molecular complexity index is 181. The van der Waals surface area contributed by atoms with Crippen LogP contribution in [0, 0.1) is 5.92 Å². The average molecular weight is 183 g/mol. The number of hydrogen-bond donors (Lipinski definition) is 0. The lowest BCUT2D eigenvalue weighted by molar-refractivity contribution is -0.174. The molecule has 0 spiro atoms. The van der Waals surface area contributed by atoms with Gasteiger partial charge < -0.3 is 0 Å². The number of carbonyl (C=O) groups excluding carboxylic acids is 1. The minimum absolute atomic E-state index is 0.234. The third kappa shape index (κ3) is 2.02. The number of hydroxylamine groups is 2. The summed E-state index contributed by atoms with van der Waals surface area (Å²) in [7, 11) is 0. The third-order valence-electron chi connectivity index (χ3n) is 2.95. The van der Waals surface area contributed by atoms with Crippen molar-refractivity contribution in [3.63, 3.8) is 0 Å². The number of rotatable bonds is 1. The van der Waals surface area contributed by atoms with Crippen LogP contribution in [0.3, 0.4) is 0 Å². The molecule has 3 nitrogen and oxygen atoms in total. The summed E-state index contributed by atoms with van der Waals surface area (Å²) >= 11 is 0. The summed E-state index contributed by atoms with van der Waals surface area (Å²) in [5.74, 6) is 0.490. The fourth-order valence-corrected chi connectivity index (χ4v) is 2.17. The summed E-state index contributed by atoms with van der Waals surface area (Å²) in [5, 5.41) is 1.58. The van der Waals surface area contributed by atoms with Gasteiger partial charge in [-0.25, -0.2) is 5.06 Å². The van der Waals surface area contributed by atoms with Gasteiger partial charge in [-0.05, 0) is 19.3 Å². The molecule has 0 bridgehead atoms. The molecule has 1 saturated heterocycles. The molecule has 0 unspecified atom stereocenters. The molecule has 3 heteroatoms. The molecule has 1 heterocycles.